The van der Waals surface area contributed by atoms with Gasteiger partial charge in [-0.2, -0.15) is 0 Å². The fourth-order valence-corrected chi connectivity index (χ4v) is 2.64. The first-order chi connectivity index (χ1) is 8.63. The van der Waals surface area contributed by atoms with Crippen LogP contribution in [0.5, 0.6) is 0 Å². The molecular weight excluding hydrogens is 226 g/mol. The highest BCUT2D eigenvalue weighted by Gasteiger charge is 2.19. The van der Waals surface area contributed by atoms with Gasteiger partial charge in [0.1, 0.15) is 0 Å². The van der Waals surface area contributed by atoms with E-state index in [9.17, 15) is 0 Å². The highest BCUT2D eigenvalue weighted by molar-refractivity contribution is 4.92. The van der Waals surface area contributed by atoms with Crippen LogP contribution >= 0.6 is 0 Å². The van der Waals surface area contributed by atoms with Gasteiger partial charge in [0.15, 0.2) is 0 Å². The van der Waals surface area contributed by atoms with Crippen LogP contribution in [-0.2, 0) is 13.6 Å². The lowest BCUT2D eigenvalue weighted by Crippen LogP contribution is -2.38. The summed E-state index contributed by atoms with van der Waals surface area (Å²) in [5.74, 6) is 0.749. The molecule has 5 heteroatoms. The van der Waals surface area contributed by atoms with E-state index in [-0.39, 0.29) is 0 Å². The maximum atomic E-state index is 4.18. The fourth-order valence-electron chi connectivity index (χ4n) is 2.64. The molecular formula is C13H25N5. The minimum atomic E-state index is 0.615. The number of rotatable bonds is 4. The lowest BCUT2D eigenvalue weighted by molar-refractivity contribution is 0.245. The summed E-state index contributed by atoms with van der Waals surface area (Å²) in [5, 5.41) is 11.8. The largest absolute Gasteiger partial charge is 0.313 e. The van der Waals surface area contributed by atoms with Crippen molar-refractivity contribution in [2.45, 2.75) is 39.3 Å². The first-order valence-corrected chi connectivity index (χ1v) is 6.94. The van der Waals surface area contributed by atoms with Crippen molar-refractivity contribution in [1.29, 1.82) is 0 Å². The Morgan fingerprint density at radius 2 is 2.33 bits per heavy atom. The van der Waals surface area contributed by atoms with Crippen molar-refractivity contribution in [3.63, 3.8) is 0 Å². The van der Waals surface area contributed by atoms with Gasteiger partial charge in [0, 0.05) is 32.4 Å². The van der Waals surface area contributed by atoms with Gasteiger partial charge >= 0.3 is 0 Å². The molecule has 1 saturated heterocycles. The molecule has 1 unspecified atom stereocenters. The van der Waals surface area contributed by atoms with Crippen LogP contribution in [0.15, 0.2) is 6.20 Å². The van der Waals surface area contributed by atoms with E-state index in [1.165, 1.54) is 12.8 Å². The van der Waals surface area contributed by atoms with E-state index in [4.69, 9.17) is 0 Å². The number of hydrogen-bond donors (Lipinski definition) is 1. The lowest BCUT2D eigenvalue weighted by Gasteiger charge is -2.24. The highest BCUT2D eigenvalue weighted by Crippen LogP contribution is 2.11. The van der Waals surface area contributed by atoms with E-state index in [0.29, 0.717) is 6.04 Å². The van der Waals surface area contributed by atoms with Crippen LogP contribution in [0, 0.1) is 5.92 Å². The van der Waals surface area contributed by atoms with E-state index in [2.05, 4.69) is 34.4 Å². The summed E-state index contributed by atoms with van der Waals surface area (Å²) in [4.78, 5) is 2.50. The van der Waals surface area contributed by atoms with E-state index in [0.717, 1.165) is 37.8 Å². The smallest absolute Gasteiger partial charge is 0.0967 e. The Bertz CT molecular complexity index is 360. The molecule has 1 atom stereocenters. The van der Waals surface area contributed by atoms with Gasteiger partial charge in [0.2, 0.25) is 0 Å². The van der Waals surface area contributed by atoms with Gasteiger partial charge < -0.3 is 5.32 Å². The van der Waals surface area contributed by atoms with Gasteiger partial charge in [-0.15, -0.1) is 5.10 Å². The van der Waals surface area contributed by atoms with Crippen LogP contribution < -0.4 is 5.32 Å². The minimum absolute atomic E-state index is 0.615. The van der Waals surface area contributed by atoms with Gasteiger partial charge in [-0.25, -0.2) is 0 Å². The molecule has 1 aliphatic heterocycles. The number of nitrogens with one attached hydrogen (secondary N) is 1. The van der Waals surface area contributed by atoms with Crippen LogP contribution in [0.2, 0.25) is 0 Å². The normalized spacial score (nSPS) is 22.3. The summed E-state index contributed by atoms with van der Waals surface area (Å²) >= 11 is 0. The summed E-state index contributed by atoms with van der Waals surface area (Å²) in [6, 6.07) is 0.615. The number of hydrogen-bond acceptors (Lipinski definition) is 4. The number of aromatic nitrogens is 3. The van der Waals surface area contributed by atoms with Gasteiger partial charge in [0.05, 0.1) is 5.69 Å². The Kier molecular flexibility index (Phi) is 4.72. The van der Waals surface area contributed by atoms with Crippen molar-refractivity contribution in [3.8, 4) is 0 Å². The zero-order valence-corrected chi connectivity index (χ0v) is 11.8. The number of nitrogens with zero attached hydrogens (tertiary/aromatic N) is 4. The Morgan fingerprint density at radius 1 is 1.50 bits per heavy atom. The summed E-state index contributed by atoms with van der Waals surface area (Å²) in [6.45, 7) is 8.91. The predicted molar refractivity (Wildman–Crippen MR) is 72.1 cm³/mol. The monoisotopic (exact) mass is 251 g/mol. The molecule has 0 saturated carbocycles. The van der Waals surface area contributed by atoms with Crippen molar-refractivity contribution in [3.05, 3.63) is 11.9 Å². The Balaban J connectivity index is 1.90. The zero-order valence-electron chi connectivity index (χ0n) is 11.8. The average Bonchev–Trinajstić information content (AvgIpc) is 2.56. The summed E-state index contributed by atoms with van der Waals surface area (Å²) < 4.78 is 1.77. The third kappa shape index (κ3) is 4.07. The molecule has 0 aliphatic carbocycles. The zero-order chi connectivity index (χ0) is 13.0. The van der Waals surface area contributed by atoms with E-state index in [1.807, 2.05) is 13.2 Å². The maximum Gasteiger partial charge on any atom is 0.0967 e. The van der Waals surface area contributed by atoms with Crippen molar-refractivity contribution in [2.24, 2.45) is 13.0 Å². The molecule has 0 bridgehead atoms. The van der Waals surface area contributed by atoms with Crippen molar-refractivity contribution in [2.75, 3.05) is 19.6 Å². The standard InChI is InChI=1S/C13H25N5/c1-11(2)7-12-9-18(6-4-5-14-12)10-13-8-17(3)16-15-13/h8,11-12,14H,4-7,9-10H2,1-3H3. The second-order valence-corrected chi connectivity index (χ2v) is 5.75. The van der Waals surface area contributed by atoms with Gasteiger partial charge in [-0.05, 0) is 31.8 Å². The van der Waals surface area contributed by atoms with Crippen LogP contribution in [0.1, 0.15) is 32.4 Å². The molecule has 102 valence electrons. The van der Waals surface area contributed by atoms with E-state index < -0.39 is 0 Å². The second kappa shape index (κ2) is 6.29. The van der Waals surface area contributed by atoms with Crippen LogP contribution in [0.3, 0.4) is 0 Å². The molecule has 5 nitrogen and oxygen atoms in total. The molecule has 1 fully saturated rings. The van der Waals surface area contributed by atoms with Crippen molar-refractivity contribution >= 4 is 0 Å². The van der Waals surface area contributed by atoms with E-state index >= 15 is 0 Å². The third-order valence-electron chi connectivity index (χ3n) is 3.35. The fraction of sp³-hybridized carbons (Fsp3) is 0.846. The summed E-state index contributed by atoms with van der Waals surface area (Å²) in [5.41, 5.74) is 1.07. The second-order valence-electron chi connectivity index (χ2n) is 5.75. The third-order valence-corrected chi connectivity index (χ3v) is 3.35. The molecule has 1 aromatic heterocycles. The molecule has 0 spiro atoms. The van der Waals surface area contributed by atoms with Gasteiger partial charge in [-0.1, -0.05) is 19.1 Å². The topological polar surface area (TPSA) is 46.0 Å². The van der Waals surface area contributed by atoms with Gasteiger partial charge in [-0.3, -0.25) is 9.58 Å². The van der Waals surface area contributed by atoms with Crippen molar-refractivity contribution in [1.82, 2.24) is 25.2 Å². The Hall–Kier alpha value is -0.940. The summed E-state index contributed by atoms with van der Waals surface area (Å²) in [7, 11) is 1.92. The Labute approximate surface area is 110 Å². The predicted octanol–water partition coefficient (Wildman–Crippen LogP) is 1.03. The van der Waals surface area contributed by atoms with Crippen molar-refractivity contribution < 1.29 is 0 Å². The van der Waals surface area contributed by atoms with E-state index in [1.54, 1.807) is 4.68 Å². The first-order valence-electron chi connectivity index (χ1n) is 6.94. The lowest BCUT2D eigenvalue weighted by atomic mass is 10.0. The van der Waals surface area contributed by atoms with Gasteiger partial charge in [0.25, 0.3) is 0 Å². The molecule has 1 aliphatic rings. The van der Waals surface area contributed by atoms with Crippen LogP contribution in [0.4, 0.5) is 0 Å². The number of aryl methyl sites for hydroxylation is 1. The molecule has 0 aromatic carbocycles. The van der Waals surface area contributed by atoms with Crippen LogP contribution in [-0.4, -0.2) is 45.6 Å². The molecule has 2 heterocycles. The minimum Gasteiger partial charge on any atom is -0.313 e. The quantitative estimate of drug-likeness (QED) is 0.868. The first kappa shape index (κ1) is 13.5. The average molecular weight is 251 g/mol. The highest BCUT2D eigenvalue weighted by atomic mass is 15.4. The molecule has 1 aromatic rings. The molecule has 0 radical (unpaired) electrons. The summed E-state index contributed by atoms with van der Waals surface area (Å²) in [6.07, 6.45) is 4.47. The maximum absolute atomic E-state index is 4.18. The molecule has 2 rings (SSSR count). The molecule has 1 N–H and O–H groups in total. The molecule has 18 heavy (non-hydrogen) atoms. The van der Waals surface area contributed by atoms with Crippen LogP contribution in [0.25, 0.3) is 0 Å². The molecule has 0 amide bonds. The SMILES string of the molecule is CC(C)CC1CN(Cc2cn(C)nn2)CCCN1. The Morgan fingerprint density at radius 3 is 3.00 bits per heavy atom.